The zero-order valence-electron chi connectivity index (χ0n) is 15.2. The maximum Gasteiger partial charge on any atom is 0.320 e. The Labute approximate surface area is 153 Å². The Morgan fingerprint density at radius 1 is 0.593 bits per heavy atom. The van der Waals surface area contributed by atoms with Gasteiger partial charge >= 0.3 is 35.8 Å². The van der Waals surface area contributed by atoms with Crippen molar-refractivity contribution in [2.45, 2.75) is 53.1 Å². The topological polar surface area (TPSA) is 158 Å². The van der Waals surface area contributed by atoms with E-state index in [0.717, 1.165) is 13.8 Å². The molecule has 0 amide bonds. The van der Waals surface area contributed by atoms with Gasteiger partial charge in [0.1, 0.15) is 12.8 Å². The number of carbonyl (C=O) groups is 6. The lowest BCUT2D eigenvalue weighted by molar-refractivity contribution is -0.185. The second kappa shape index (κ2) is 12.2. The molecule has 27 heavy (non-hydrogen) atoms. The molecule has 0 aromatic carbocycles. The van der Waals surface area contributed by atoms with Gasteiger partial charge in [-0.25, -0.2) is 0 Å². The highest BCUT2D eigenvalue weighted by Gasteiger charge is 2.19. The lowest BCUT2D eigenvalue weighted by Gasteiger charge is -2.13. The number of hydrogen-bond acceptors (Lipinski definition) is 12. The number of esters is 6. The zero-order valence-corrected chi connectivity index (χ0v) is 15.2. The van der Waals surface area contributed by atoms with Crippen LogP contribution in [0.15, 0.2) is 0 Å². The molecule has 12 heteroatoms. The second-order valence-electron chi connectivity index (χ2n) is 4.84. The molecular weight excluding hydrogens is 372 g/mol. The molecule has 0 saturated heterocycles. The van der Waals surface area contributed by atoms with Gasteiger partial charge in [-0.3, -0.25) is 28.8 Å². The molecule has 0 rings (SSSR count). The first kappa shape index (κ1) is 23.8. The highest BCUT2D eigenvalue weighted by Crippen LogP contribution is 2.01. The monoisotopic (exact) mass is 392 g/mol. The van der Waals surface area contributed by atoms with Crippen LogP contribution in [0.25, 0.3) is 0 Å². The van der Waals surface area contributed by atoms with Gasteiger partial charge in [-0.1, -0.05) is 0 Å². The van der Waals surface area contributed by atoms with Crippen molar-refractivity contribution in [2.24, 2.45) is 0 Å². The van der Waals surface area contributed by atoms with Gasteiger partial charge in [0.05, 0.1) is 0 Å². The van der Waals surface area contributed by atoms with Crippen molar-refractivity contribution in [3.8, 4) is 0 Å². The van der Waals surface area contributed by atoms with Crippen LogP contribution in [-0.4, -0.2) is 55.2 Å². The Balaban J connectivity index is 4.00. The van der Waals surface area contributed by atoms with E-state index in [9.17, 15) is 28.8 Å². The SMILES string of the molecule is CC(=O)OC(C)OC(=O)CC(=O)OCOC(=O)CC(=O)OC(C)OC(C)=O. The van der Waals surface area contributed by atoms with Crippen molar-refractivity contribution in [3.63, 3.8) is 0 Å². The molecule has 0 radical (unpaired) electrons. The fourth-order valence-corrected chi connectivity index (χ4v) is 1.47. The van der Waals surface area contributed by atoms with Gasteiger partial charge in [0, 0.05) is 27.7 Å². The number of carbonyl (C=O) groups excluding carboxylic acids is 6. The van der Waals surface area contributed by atoms with Crippen molar-refractivity contribution in [2.75, 3.05) is 6.79 Å². The lowest BCUT2D eigenvalue weighted by atomic mass is 10.4. The van der Waals surface area contributed by atoms with E-state index in [0.29, 0.717) is 0 Å². The molecule has 152 valence electrons. The third-order valence-corrected chi connectivity index (χ3v) is 2.28. The predicted molar refractivity (Wildman–Crippen MR) is 80.9 cm³/mol. The Bertz CT molecular complexity index is 531. The smallest absolute Gasteiger partial charge is 0.320 e. The summed E-state index contributed by atoms with van der Waals surface area (Å²) in [5.41, 5.74) is 0. The summed E-state index contributed by atoms with van der Waals surface area (Å²) < 4.78 is 27.1. The van der Waals surface area contributed by atoms with E-state index in [1.54, 1.807) is 0 Å². The standard InChI is InChI=1S/C15H20O12/c1-8(16)24-10(3)26-14(20)5-12(18)22-7-23-13(19)6-15(21)27-11(4)25-9(2)17/h10-11H,5-7H2,1-4H3. The van der Waals surface area contributed by atoms with E-state index in [-0.39, 0.29) is 0 Å². The summed E-state index contributed by atoms with van der Waals surface area (Å²) >= 11 is 0. The van der Waals surface area contributed by atoms with E-state index in [1.807, 2.05) is 0 Å². The third kappa shape index (κ3) is 13.8. The van der Waals surface area contributed by atoms with Gasteiger partial charge in [-0.2, -0.15) is 0 Å². The van der Waals surface area contributed by atoms with Crippen LogP contribution in [0, 0.1) is 0 Å². The van der Waals surface area contributed by atoms with Crippen LogP contribution < -0.4 is 0 Å². The van der Waals surface area contributed by atoms with Crippen LogP contribution in [0.4, 0.5) is 0 Å². The molecule has 0 heterocycles. The van der Waals surface area contributed by atoms with E-state index >= 15 is 0 Å². The fraction of sp³-hybridized carbons (Fsp3) is 0.600. The summed E-state index contributed by atoms with van der Waals surface area (Å²) in [5.74, 6) is -5.55. The predicted octanol–water partition coefficient (Wildman–Crippen LogP) is -0.285. The number of hydrogen-bond donors (Lipinski definition) is 0. The summed E-state index contributed by atoms with van der Waals surface area (Å²) in [4.78, 5) is 66.7. The lowest BCUT2D eigenvalue weighted by Crippen LogP contribution is -2.24. The van der Waals surface area contributed by atoms with E-state index in [4.69, 9.17) is 0 Å². The maximum absolute atomic E-state index is 11.3. The molecule has 0 aromatic heterocycles. The van der Waals surface area contributed by atoms with Crippen LogP contribution in [0.5, 0.6) is 0 Å². The minimum Gasteiger partial charge on any atom is -0.427 e. The molecule has 0 N–H and O–H groups in total. The van der Waals surface area contributed by atoms with Gasteiger partial charge in [0.15, 0.2) is 0 Å². The van der Waals surface area contributed by atoms with Crippen molar-refractivity contribution in [3.05, 3.63) is 0 Å². The van der Waals surface area contributed by atoms with Crippen LogP contribution in [0.2, 0.25) is 0 Å². The molecule has 0 bridgehead atoms. The van der Waals surface area contributed by atoms with Crippen molar-refractivity contribution in [1.29, 1.82) is 0 Å². The van der Waals surface area contributed by atoms with Crippen molar-refractivity contribution in [1.82, 2.24) is 0 Å². The number of rotatable bonds is 10. The Morgan fingerprint density at radius 2 is 0.926 bits per heavy atom. The Kier molecular flexibility index (Phi) is 10.8. The summed E-state index contributed by atoms with van der Waals surface area (Å²) in [6.07, 6.45) is -3.99. The summed E-state index contributed by atoms with van der Waals surface area (Å²) in [5, 5.41) is 0. The minimum atomic E-state index is -1.18. The Morgan fingerprint density at radius 3 is 1.22 bits per heavy atom. The van der Waals surface area contributed by atoms with E-state index in [2.05, 4.69) is 28.4 Å². The second-order valence-corrected chi connectivity index (χ2v) is 4.84. The highest BCUT2D eigenvalue weighted by atomic mass is 16.7. The maximum atomic E-state index is 11.3. The molecule has 0 aliphatic rings. The van der Waals surface area contributed by atoms with Crippen molar-refractivity contribution < 1.29 is 57.2 Å². The summed E-state index contributed by atoms with van der Waals surface area (Å²) in [6.45, 7) is 3.92. The van der Waals surface area contributed by atoms with Crippen LogP contribution >= 0.6 is 0 Å². The highest BCUT2D eigenvalue weighted by molar-refractivity contribution is 5.92. The van der Waals surface area contributed by atoms with E-state index < -0.39 is 68.0 Å². The molecule has 0 saturated carbocycles. The van der Waals surface area contributed by atoms with Gasteiger partial charge < -0.3 is 28.4 Å². The largest absolute Gasteiger partial charge is 0.427 e. The first-order valence-electron chi connectivity index (χ1n) is 7.54. The molecule has 0 spiro atoms. The van der Waals surface area contributed by atoms with Crippen LogP contribution in [-0.2, 0) is 57.2 Å². The van der Waals surface area contributed by atoms with Gasteiger partial charge in [-0.15, -0.1) is 0 Å². The molecule has 0 aliphatic heterocycles. The van der Waals surface area contributed by atoms with Crippen LogP contribution in [0.1, 0.15) is 40.5 Å². The van der Waals surface area contributed by atoms with E-state index in [1.165, 1.54) is 13.8 Å². The molecule has 0 aromatic rings. The van der Waals surface area contributed by atoms with Gasteiger partial charge in [-0.05, 0) is 0 Å². The molecule has 0 aliphatic carbocycles. The molecule has 2 atom stereocenters. The molecular formula is C15H20O12. The average molecular weight is 392 g/mol. The van der Waals surface area contributed by atoms with Gasteiger partial charge in [0.25, 0.3) is 0 Å². The molecule has 0 fully saturated rings. The molecule has 2 unspecified atom stereocenters. The minimum absolute atomic E-state index is 0.675. The first-order valence-corrected chi connectivity index (χ1v) is 7.54. The Hall–Kier alpha value is -3.18. The fourth-order valence-electron chi connectivity index (χ4n) is 1.47. The average Bonchev–Trinajstić information content (AvgIpc) is 2.43. The third-order valence-electron chi connectivity index (χ3n) is 2.28. The quantitative estimate of drug-likeness (QED) is 0.207. The first-order chi connectivity index (χ1) is 12.5. The van der Waals surface area contributed by atoms with Crippen LogP contribution in [0.3, 0.4) is 0 Å². The van der Waals surface area contributed by atoms with Crippen molar-refractivity contribution >= 4 is 35.8 Å². The normalized spacial score (nSPS) is 12.0. The zero-order chi connectivity index (χ0) is 21.0. The number of ether oxygens (including phenoxy) is 6. The van der Waals surface area contributed by atoms with Gasteiger partial charge in [0.2, 0.25) is 19.4 Å². The summed E-state index contributed by atoms with van der Waals surface area (Å²) in [7, 11) is 0. The summed E-state index contributed by atoms with van der Waals surface area (Å²) in [6, 6.07) is 0. The molecule has 12 nitrogen and oxygen atoms in total.